The van der Waals surface area contributed by atoms with E-state index in [0.717, 1.165) is 20.0 Å². The van der Waals surface area contributed by atoms with E-state index >= 15 is 0 Å². The van der Waals surface area contributed by atoms with Crippen LogP contribution in [0.1, 0.15) is 71.1 Å². The van der Waals surface area contributed by atoms with E-state index in [-0.39, 0.29) is 48.6 Å². The van der Waals surface area contributed by atoms with Gasteiger partial charge in [-0.3, -0.25) is 4.18 Å². The molecule has 149 valence electrons. The summed E-state index contributed by atoms with van der Waals surface area (Å²) in [5.41, 5.74) is 0. The Bertz CT molecular complexity index is 474. The predicted octanol–water partition coefficient (Wildman–Crippen LogP) is 2.90. The Balaban J connectivity index is 0.00000338. The molecule has 7 nitrogen and oxygen atoms in total. The summed E-state index contributed by atoms with van der Waals surface area (Å²) in [7, 11) is -3.01. The maximum atomic E-state index is 11.4. The molecule has 2 heterocycles. The first-order valence-corrected chi connectivity index (χ1v) is 10.8. The minimum atomic E-state index is -4.06. The summed E-state index contributed by atoms with van der Waals surface area (Å²) < 4.78 is 48.6. The summed E-state index contributed by atoms with van der Waals surface area (Å²) in [5.74, 6) is 0. The summed E-state index contributed by atoms with van der Waals surface area (Å²) in [6, 6.07) is 0. The molecule has 4 atom stereocenters. The van der Waals surface area contributed by atoms with Gasteiger partial charge in [0, 0.05) is 29.6 Å². The average molecular weight is 403 g/mol. The summed E-state index contributed by atoms with van der Waals surface area (Å²) in [6.07, 6.45) is 10.1. The Labute approximate surface area is 180 Å². The van der Waals surface area contributed by atoms with Crippen LogP contribution in [0.5, 0.6) is 0 Å². The van der Waals surface area contributed by atoms with Gasteiger partial charge < -0.3 is 14.2 Å². The molecule has 0 aromatic heterocycles. The van der Waals surface area contributed by atoms with Crippen LogP contribution in [0.15, 0.2) is 0 Å². The molecule has 0 aromatic rings. The van der Waals surface area contributed by atoms with Gasteiger partial charge >= 0.3 is 10.4 Å². The van der Waals surface area contributed by atoms with Crippen LogP contribution in [0.4, 0.5) is 0 Å². The molecule has 0 amide bonds. The van der Waals surface area contributed by atoms with E-state index in [1.165, 1.54) is 51.4 Å². The molecule has 26 heavy (non-hydrogen) atoms. The summed E-state index contributed by atoms with van der Waals surface area (Å²) in [5, 5.41) is 0. The molecule has 2 fully saturated rings. The molecule has 1 radical (unpaired) electrons. The quantitative estimate of drug-likeness (QED) is 0.345. The molecule has 2 aliphatic rings. The van der Waals surface area contributed by atoms with Crippen molar-refractivity contribution in [2.45, 2.75) is 95.9 Å². The van der Waals surface area contributed by atoms with Crippen molar-refractivity contribution in [1.29, 1.82) is 0 Å². The monoisotopic (exact) mass is 403 g/mol. The Morgan fingerprint density at radius 2 is 1.58 bits per heavy atom. The van der Waals surface area contributed by atoms with E-state index in [0.29, 0.717) is 0 Å². The topological polar surface area (TPSA) is 80.3 Å². The van der Waals surface area contributed by atoms with Gasteiger partial charge in [0.2, 0.25) is 6.29 Å². The number of fused-ring (bicyclic) bond motifs is 1. The maximum absolute atomic E-state index is 11.4. The van der Waals surface area contributed by atoms with Crippen molar-refractivity contribution in [1.82, 2.24) is 0 Å². The van der Waals surface area contributed by atoms with Crippen LogP contribution in [-0.4, -0.2) is 76.5 Å². The largest absolute Gasteiger partial charge is 0.402 e. The van der Waals surface area contributed by atoms with Crippen molar-refractivity contribution in [3.63, 3.8) is 0 Å². The van der Waals surface area contributed by atoms with Crippen LogP contribution in [0.2, 0.25) is 0 Å². The second kappa shape index (κ2) is 13.1. The van der Waals surface area contributed by atoms with Gasteiger partial charge in [-0.1, -0.05) is 58.3 Å². The van der Waals surface area contributed by atoms with E-state index in [4.69, 9.17) is 18.4 Å². The number of unbranched alkanes of at least 4 members (excludes halogenated alkanes) is 8. The molecular weight excluding hydrogens is 371 g/mol. The molecule has 0 bridgehead atoms. The number of hydrogen-bond donors (Lipinski definition) is 0. The first-order valence-electron chi connectivity index (χ1n) is 9.47. The van der Waals surface area contributed by atoms with Gasteiger partial charge in [-0.2, -0.15) is 8.42 Å². The van der Waals surface area contributed by atoms with Crippen LogP contribution < -0.4 is 0 Å². The average Bonchev–Trinajstić information content (AvgIpc) is 3.15. The molecule has 2 rings (SSSR count). The fourth-order valence-corrected chi connectivity index (χ4v) is 3.70. The van der Waals surface area contributed by atoms with Crippen molar-refractivity contribution < 1.29 is 31.0 Å². The minimum Gasteiger partial charge on any atom is -0.346 e. The van der Waals surface area contributed by atoms with Crippen LogP contribution in [0, 0.1) is 0 Å². The molecule has 0 N–H and O–H groups in total. The Kier molecular flexibility index (Phi) is 12.5. The van der Waals surface area contributed by atoms with Gasteiger partial charge in [-0.15, -0.1) is 0 Å². The van der Waals surface area contributed by atoms with Gasteiger partial charge in [0.25, 0.3) is 0 Å². The van der Waals surface area contributed by atoms with Crippen LogP contribution in [0.25, 0.3) is 0 Å². The Morgan fingerprint density at radius 3 is 2.19 bits per heavy atom. The first-order chi connectivity index (χ1) is 12.1. The van der Waals surface area contributed by atoms with Gasteiger partial charge in [0.05, 0.1) is 13.7 Å². The summed E-state index contributed by atoms with van der Waals surface area (Å²) in [4.78, 5) is 0. The van der Waals surface area contributed by atoms with E-state index < -0.39 is 22.8 Å². The number of hydrogen-bond acceptors (Lipinski definition) is 7. The zero-order chi connectivity index (χ0) is 18.1. The van der Waals surface area contributed by atoms with Gasteiger partial charge in [-0.25, -0.2) is 4.18 Å². The summed E-state index contributed by atoms with van der Waals surface area (Å²) >= 11 is 0. The third-order valence-electron chi connectivity index (χ3n) is 4.66. The van der Waals surface area contributed by atoms with E-state index in [9.17, 15) is 8.42 Å². The molecule has 2 aliphatic heterocycles. The van der Waals surface area contributed by atoms with E-state index in [1.54, 1.807) is 0 Å². The predicted molar refractivity (Wildman–Crippen MR) is 97.9 cm³/mol. The SMILES string of the molecule is CCCCCCCCCCCC1OC2COC(OS(=O)(=O)OC)C2O1.[Na]. The normalized spacial score (nSPS) is 28.1. The first kappa shape index (κ1) is 24.8. The second-order valence-corrected chi connectivity index (χ2v) is 8.04. The van der Waals surface area contributed by atoms with Crippen molar-refractivity contribution in [2.75, 3.05) is 13.7 Å². The Morgan fingerprint density at radius 1 is 0.962 bits per heavy atom. The van der Waals surface area contributed by atoms with Crippen molar-refractivity contribution in [3.05, 3.63) is 0 Å². The zero-order valence-electron chi connectivity index (χ0n) is 16.4. The Hall–Kier alpha value is 0.750. The van der Waals surface area contributed by atoms with E-state index in [1.807, 2.05) is 0 Å². The van der Waals surface area contributed by atoms with Crippen LogP contribution in [0.3, 0.4) is 0 Å². The standard InChI is InChI=1S/C17H32O7S.Na/c1-3-4-5-6-7-8-9-10-11-12-15-22-14-13-21-17(16(14)23-15)24-25(18,19)20-2;/h14-17H,3-13H2,1-2H3;. The smallest absolute Gasteiger partial charge is 0.346 e. The molecule has 4 unspecified atom stereocenters. The second-order valence-electron chi connectivity index (χ2n) is 6.69. The molecular formula is C17H32NaO7S. The number of ether oxygens (including phenoxy) is 3. The number of rotatable bonds is 13. The van der Waals surface area contributed by atoms with E-state index in [2.05, 4.69) is 11.1 Å². The van der Waals surface area contributed by atoms with Gasteiger partial charge in [-0.05, 0) is 12.8 Å². The maximum Gasteiger partial charge on any atom is 0.402 e. The fraction of sp³-hybridized carbons (Fsp3) is 1.00. The zero-order valence-corrected chi connectivity index (χ0v) is 19.2. The molecule has 0 spiro atoms. The van der Waals surface area contributed by atoms with Gasteiger partial charge in [0.15, 0.2) is 6.29 Å². The van der Waals surface area contributed by atoms with Gasteiger partial charge in [0.1, 0.15) is 12.2 Å². The van der Waals surface area contributed by atoms with Crippen LogP contribution >= 0.6 is 0 Å². The third kappa shape index (κ3) is 8.41. The molecule has 0 saturated carbocycles. The van der Waals surface area contributed by atoms with Crippen LogP contribution in [-0.2, 0) is 33.0 Å². The summed E-state index contributed by atoms with van der Waals surface area (Å²) in [6.45, 7) is 2.50. The van der Waals surface area contributed by atoms with Crippen molar-refractivity contribution in [3.8, 4) is 0 Å². The van der Waals surface area contributed by atoms with Crippen molar-refractivity contribution in [2.24, 2.45) is 0 Å². The molecule has 2 saturated heterocycles. The molecule has 9 heteroatoms. The third-order valence-corrected chi connectivity index (χ3v) is 5.49. The fourth-order valence-electron chi connectivity index (χ4n) is 3.22. The molecule has 0 aliphatic carbocycles. The molecule has 0 aromatic carbocycles. The van der Waals surface area contributed by atoms with Crippen molar-refractivity contribution >= 4 is 40.0 Å². The minimum absolute atomic E-state index is 0.